The molecule has 0 radical (unpaired) electrons. The second kappa shape index (κ2) is 8.73. The number of ether oxygens (including phenoxy) is 2. The summed E-state index contributed by atoms with van der Waals surface area (Å²) < 4.78 is 46.8. The lowest BCUT2D eigenvalue weighted by Gasteiger charge is -2.14. The fourth-order valence-electron chi connectivity index (χ4n) is 1.91. The maximum atomic E-state index is 12.3. The Morgan fingerprint density at radius 3 is 2.52 bits per heavy atom. The monoisotopic (exact) mass is 373 g/mol. The minimum atomic E-state index is -4.49. The van der Waals surface area contributed by atoms with Crippen LogP contribution in [0.2, 0.25) is 5.02 Å². The SMILES string of the molecule is O=C(COCc1ccccc1)Nc1cc(Cl)ccc1OCC(F)(F)F. The van der Waals surface area contributed by atoms with Gasteiger partial charge in [-0.3, -0.25) is 4.79 Å². The van der Waals surface area contributed by atoms with Crippen molar-refractivity contribution in [3.8, 4) is 5.75 Å². The van der Waals surface area contributed by atoms with Crippen molar-refractivity contribution in [2.24, 2.45) is 0 Å². The number of halogens is 4. The van der Waals surface area contributed by atoms with Crippen LogP contribution >= 0.6 is 11.6 Å². The molecule has 2 aromatic carbocycles. The molecule has 134 valence electrons. The van der Waals surface area contributed by atoms with Crippen molar-refractivity contribution in [1.82, 2.24) is 0 Å². The van der Waals surface area contributed by atoms with Crippen LogP contribution in [-0.2, 0) is 16.1 Å². The highest BCUT2D eigenvalue weighted by Gasteiger charge is 2.29. The Balaban J connectivity index is 1.91. The van der Waals surface area contributed by atoms with Gasteiger partial charge in [0.1, 0.15) is 12.4 Å². The Bertz CT molecular complexity index is 708. The van der Waals surface area contributed by atoms with Crippen LogP contribution in [0, 0.1) is 0 Å². The fourth-order valence-corrected chi connectivity index (χ4v) is 2.08. The van der Waals surface area contributed by atoms with Gasteiger partial charge in [0.25, 0.3) is 0 Å². The van der Waals surface area contributed by atoms with Gasteiger partial charge in [0.15, 0.2) is 6.61 Å². The molecule has 2 aromatic rings. The second-order valence-corrected chi connectivity index (χ2v) is 5.51. The molecule has 1 N–H and O–H groups in total. The number of hydrogen-bond acceptors (Lipinski definition) is 3. The zero-order valence-electron chi connectivity index (χ0n) is 13.0. The number of alkyl halides is 3. The average molecular weight is 374 g/mol. The number of carbonyl (C=O) groups is 1. The summed E-state index contributed by atoms with van der Waals surface area (Å²) in [4.78, 5) is 11.9. The zero-order chi connectivity index (χ0) is 18.3. The topological polar surface area (TPSA) is 47.6 Å². The number of carbonyl (C=O) groups excluding carboxylic acids is 1. The normalized spacial score (nSPS) is 11.2. The minimum Gasteiger partial charge on any atom is -0.482 e. The molecule has 0 aliphatic carbocycles. The summed E-state index contributed by atoms with van der Waals surface area (Å²) in [5.74, 6) is -0.659. The molecule has 0 atom stereocenters. The predicted octanol–water partition coefficient (Wildman–Crippen LogP) is 4.44. The number of anilines is 1. The van der Waals surface area contributed by atoms with Crippen molar-refractivity contribution in [1.29, 1.82) is 0 Å². The Hall–Kier alpha value is -2.25. The molecule has 4 nitrogen and oxygen atoms in total. The van der Waals surface area contributed by atoms with E-state index in [2.05, 4.69) is 5.32 Å². The largest absolute Gasteiger partial charge is 0.482 e. The van der Waals surface area contributed by atoms with E-state index in [1.165, 1.54) is 18.2 Å². The van der Waals surface area contributed by atoms with Crippen molar-refractivity contribution in [3.05, 3.63) is 59.1 Å². The van der Waals surface area contributed by atoms with Crippen LogP contribution in [0.25, 0.3) is 0 Å². The molecule has 0 heterocycles. The summed E-state index contributed by atoms with van der Waals surface area (Å²) in [6.45, 7) is -1.50. The third-order valence-electron chi connectivity index (χ3n) is 2.95. The third kappa shape index (κ3) is 7.03. The lowest BCUT2D eigenvalue weighted by atomic mass is 10.2. The first-order valence-electron chi connectivity index (χ1n) is 7.24. The Morgan fingerprint density at radius 2 is 1.84 bits per heavy atom. The van der Waals surface area contributed by atoms with E-state index < -0.39 is 18.7 Å². The first-order chi connectivity index (χ1) is 11.8. The molecule has 0 aliphatic rings. The predicted molar refractivity (Wildman–Crippen MR) is 87.7 cm³/mol. The van der Waals surface area contributed by atoms with Gasteiger partial charge in [0, 0.05) is 5.02 Å². The van der Waals surface area contributed by atoms with Gasteiger partial charge >= 0.3 is 6.18 Å². The number of amides is 1. The zero-order valence-corrected chi connectivity index (χ0v) is 13.7. The standard InChI is InChI=1S/C17H15ClF3NO3/c18-13-6-7-15(25-11-17(19,20)21)14(8-13)22-16(23)10-24-9-12-4-2-1-3-5-12/h1-8H,9-11H2,(H,22,23). The van der Waals surface area contributed by atoms with E-state index in [0.29, 0.717) is 0 Å². The summed E-state index contributed by atoms with van der Waals surface area (Å²) in [6, 6.07) is 13.2. The minimum absolute atomic E-state index is 0.0464. The van der Waals surface area contributed by atoms with Crippen LogP contribution in [0.15, 0.2) is 48.5 Å². The van der Waals surface area contributed by atoms with Crippen LogP contribution < -0.4 is 10.1 Å². The first kappa shape index (κ1) is 19.1. The molecule has 0 fully saturated rings. The quantitative estimate of drug-likeness (QED) is 0.780. The molecule has 0 saturated carbocycles. The summed E-state index contributed by atoms with van der Waals surface area (Å²) >= 11 is 5.81. The van der Waals surface area contributed by atoms with E-state index in [1.807, 2.05) is 30.3 Å². The molecule has 8 heteroatoms. The Morgan fingerprint density at radius 1 is 1.12 bits per heavy atom. The van der Waals surface area contributed by atoms with Crippen LogP contribution in [0.1, 0.15) is 5.56 Å². The van der Waals surface area contributed by atoms with Gasteiger partial charge in [-0.25, -0.2) is 0 Å². The number of hydrogen-bond donors (Lipinski definition) is 1. The van der Waals surface area contributed by atoms with Crippen molar-refractivity contribution in [2.45, 2.75) is 12.8 Å². The highest BCUT2D eigenvalue weighted by Crippen LogP contribution is 2.29. The molecule has 0 aromatic heterocycles. The van der Waals surface area contributed by atoms with Crippen LogP contribution in [0.4, 0.5) is 18.9 Å². The highest BCUT2D eigenvalue weighted by atomic mass is 35.5. The molecule has 0 bridgehead atoms. The fraction of sp³-hybridized carbons (Fsp3) is 0.235. The third-order valence-corrected chi connectivity index (χ3v) is 3.19. The molecular weight excluding hydrogens is 359 g/mol. The second-order valence-electron chi connectivity index (χ2n) is 5.07. The molecule has 25 heavy (non-hydrogen) atoms. The molecule has 0 unspecified atom stereocenters. The molecular formula is C17H15ClF3NO3. The van der Waals surface area contributed by atoms with E-state index >= 15 is 0 Å². The van der Waals surface area contributed by atoms with Crippen LogP contribution in [-0.4, -0.2) is 25.3 Å². The van der Waals surface area contributed by atoms with E-state index in [1.54, 1.807) is 0 Å². The van der Waals surface area contributed by atoms with E-state index in [4.69, 9.17) is 21.1 Å². The molecule has 2 rings (SSSR count). The number of benzene rings is 2. The maximum Gasteiger partial charge on any atom is 0.422 e. The van der Waals surface area contributed by atoms with Gasteiger partial charge in [-0.2, -0.15) is 13.2 Å². The van der Waals surface area contributed by atoms with Gasteiger partial charge in [-0.05, 0) is 23.8 Å². The lowest BCUT2D eigenvalue weighted by Crippen LogP contribution is -2.21. The van der Waals surface area contributed by atoms with Gasteiger partial charge in [-0.15, -0.1) is 0 Å². The Labute approximate surface area is 147 Å². The van der Waals surface area contributed by atoms with Crippen molar-refractivity contribution in [3.63, 3.8) is 0 Å². The van der Waals surface area contributed by atoms with Gasteiger partial charge in [0.05, 0.1) is 12.3 Å². The Kier molecular flexibility index (Phi) is 6.66. The lowest BCUT2D eigenvalue weighted by molar-refractivity contribution is -0.153. The van der Waals surface area contributed by atoms with Gasteiger partial charge < -0.3 is 14.8 Å². The molecule has 0 saturated heterocycles. The summed E-state index contributed by atoms with van der Waals surface area (Å²) in [5, 5.41) is 2.68. The van der Waals surface area contributed by atoms with Crippen molar-refractivity contribution in [2.75, 3.05) is 18.5 Å². The van der Waals surface area contributed by atoms with Crippen LogP contribution in [0.3, 0.4) is 0 Å². The first-order valence-corrected chi connectivity index (χ1v) is 7.62. The highest BCUT2D eigenvalue weighted by molar-refractivity contribution is 6.31. The summed E-state index contributed by atoms with van der Waals surface area (Å²) in [7, 11) is 0. The van der Waals surface area contributed by atoms with Crippen LogP contribution in [0.5, 0.6) is 5.75 Å². The van der Waals surface area contributed by atoms with Gasteiger partial charge in [-0.1, -0.05) is 41.9 Å². The summed E-state index contributed by atoms with van der Waals surface area (Å²) in [6.07, 6.45) is -4.49. The average Bonchev–Trinajstić information content (AvgIpc) is 2.54. The van der Waals surface area contributed by atoms with E-state index in [-0.39, 0.29) is 29.7 Å². The van der Waals surface area contributed by atoms with Crippen molar-refractivity contribution >= 4 is 23.2 Å². The van der Waals surface area contributed by atoms with E-state index in [0.717, 1.165) is 5.56 Å². The summed E-state index contributed by atoms with van der Waals surface area (Å²) in [5.41, 5.74) is 0.942. The number of rotatable bonds is 7. The maximum absolute atomic E-state index is 12.3. The molecule has 1 amide bonds. The van der Waals surface area contributed by atoms with E-state index in [9.17, 15) is 18.0 Å². The van der Waals surface area contributed by atoms with Gasteiger partial charge in [0.2, 0.25) is 5.91 Å². The molecule has 0 aliphatic heterocycles. The number of nitrogens with one attached hydrogen (secondary N) is 1. The molecule has 0 spiro atoms. The van der Waals surface area contributed by atoms with Crippen molar-refractivity contribution < 1.29 is 27.4 Å². The smallest absolute Gasteiger partial charge is 0.422 e.